The molecular formula is C16H24ClNO. The summed E-state index contributed by atoms with van der Waals surface area (Å²) in [5, 5.41) is 4.14. The minimum Gasteiger partial charge on any atom is -0.488 e. The fraction of sp³-hybridized carbons (Fsp3) is 0.625. The summed E-state index contributed by atoms with van der Waals surface area (Å²) in [5.74, 6) is 1.71. The number of halogens is 1. The Morgan fingerprint density at radius 2 is 2.16 bits per heavy atom. The number of ether oxygens (including phenoxy) is 1. The summed E-state index contributed by atoms with van der Waals surface area (Å²) in [6, 6.07) is 6.31. The minimum absolute atomic E-state index is 0.251. The summed E-state index contributed by atoms with van der Waals surface area (Å²) in [6.45, 7) is 4.34. The lowest BCUT2D eigenvalue weighted by Gasteiger charge is -2.36. The van der Waals surface area contributed by atoms with Gasteiger partial charge in [0.2, 0.25) is 0 Å². The minimum atomic E-state index is 0.251. The van der Waals surface area contributed by atoms with E-state index in [0.29, 0.717) is 6.04 Å². The van der Waals surface area contributed by atoms with Gasteiger partial charge < -0.3 is 10.1 Å². The fourth-order valence-electron chi connectivity index (χ4n) is 2.91. The molecule has 1 saturated carbocycles. The molecule has 1 aromatic carbocycles. The fourth-order valence-corrected chi connectivity index (χ4v) is 3.07. The van der Waals surface area contributed by atoms with E-state index in [1.807, 2.05) is 25.2 Å². The molecule has 0 radical (unpaired) electrons. The van der Waals surface area contributed by atoms with Gasteiger partial charge in [-0.15, -0.1) is 0 Å². The lowest BCUT2D eigenvalue weighted by Crippen LogP contribution is -2.45. The average Bonchev–Trinajstić information content (AvgIpc) is 2.42. The van der Waals surface area contributed by atoms with Gasteiger partial charge in [-0.05, 0) is 56.8 Å². The van der Waals surface area contributed by atoms with Crippen molar-refractivity contribution in [1.29, 1.82) is 0 Å². The Kier molecular flexibility index (Phi) is 5.12. The van der Waals surface area contributed by atoms with Crippen molar-refractivity contribution in [3.8, 4) is 5.75 Å². The van der Waals surface area contributed by atoms with Crippen LogP contribution in [-0.4, -0.2) is 19.2 Å². The highest BCUT2D eigenvalue weighted by Crippen LogP contribution is 2.32. The predicted molar refractivity (Wildman–Crippen MR) is 81.1 cm³/mol. The van der Waals surface area contributed by atoms with Crippen LogP contribution in [0.2, 0.25) is 5.02 Å². The molecule has 1 aliphatic rings. The molecule has 1 N–H and O–H groups in total. The van der Waals surface area contributed by atoms with Crippen molar-refractivity contribution in [2.45, 2.75) is 51.7 Å². The van der Waals surface area contributed by atoms with Gasteiger partial charge in [-0.2, -0.15) is 0 Å². The third-order valence-corrected chi connectivity index (χ3v) is 4.51. The van der Waals surface area contributed by atoms with Gasteiger partial charge in [0.05, 0.1) is 0 Å². The number of aryl methyl sites for hydroxylation is 1. The van der Waals surface area contributed by atoms with Crippen LogP contribution in [0.4, 0.5) is 0 Å². The molecule has 0 saturated heterocycles. The van der Waals surface area contributed by atoms with Crippen LogP contribution in [-0.2, 0) is 0 Å². The highest BCUT2D eigenvalue weighted by atomic mass is 35.5. The maximum atomic E-state index is 6.26. The number of rotatable bonds is 4. The lowest BCUT2D eigenvalue weighted by molar-refractivity contribution is 0.0877. The quantitative estimate of drug-likeness (QED) is 0.893. The van der Waals surface area contributed by atoms with Gasteiger partial charge in [-0.1, -0.05) is 31.0 Å². The molecule has 1 aliphatic carbocycles. The zero-order valence-electron chi connectivity index (χ0n) is 12.1. The second-order valence-electron chi connectivity index (χ2n) is 5.55. The normalized spacial score (nSPS) is 27.3. The molecule has 3 heteroatoms. The highest BCUT2D eigenvalue weighted by molar-refractivity contribution is 6.30. The lowest BCUT2D eigenvalue weighted by atomic mass is 9.82. The molecule has 3 atom stereocenters. The molecule has 0 aromatic heterocycles. The molecule has 1 fully saturated rings. The van der Waals surface area contributed by atoms with Gasteiger partial charge in [-0.3, -0.25) is 0 Å². The first kappa shape index (κ1) is 14.7. The average molecular weight is 282 g/mol. The second kappa shape index (κ2) is 6.62. The van der Waals surface area contributed by atoms with Crippen LogP contribution >= 0.6 is 11.6 Å². The first-order valence-electron chi connectivity index (χ1n) is 7.24. The summed E-state index contributed by atoms with van der Waals surface area (Å²) in [5.41, 5.74) is 1.15. The molecule has 19 heavy (non-hydrogen) atoms. The van der Waals surface area contributed by atoms with E-state index >= 15 is 0 Å². The molecular weight excluding hydrogens is 258 g/mol. The van der Waals surface area contributed by atoms with Crippen molar-refractivity contribution in [2.75, 3.05) is 7.05 Å². The van der Waals surface area contributed by atoms with Crippen LogP contribution in [0.1, 0.15) is 38.2 Å². The van der Waals surface area contributed by atoms with E-state index in [1.165, 1.54) is 19.3 Å². The largest absolute Gasteiger partial charge is 0.488 e. The van der Waals surface area contributed by atoms with Crippen molar-refractivity contribution in [3.05, 3.63) is 28.8 Å². The highest BCUT2D eigenvalue weighted by Gasteiger charge is 2.30. The van der Waals surface area contributed by atoms with E-state index < -0.39 is 0 Å². The maximum Gasteiger partial charge on any atom is 0.124 e. The molecule has 0 aliphatic heterocycles. The Labute approximate surface area is 121 Å². The zero-order valence-corrected chi connectivity index (χ0v) is 12.8. The first-order valence-corrected chi connectivity index (χ1v) is 7.62. The van der Waals surface area contributed by atoms with Crippen molar-refractivity contribution in [3.63, 3.8) is 0 Å². The molecule has 0 amide bonds. The van der Waals surface area contributed by atoms with Gasteiger partial charge >= 0.3 is 0 Å². The number of nitrogens with one attached hydrogen (secondary N) is 1. The van der Waals surface area contributed by atoms with Gasteiger partial charge in [0.15, 0.2) is 0 Å². The molecule has 1 aromatic rings. The van der Waals surface area contributed by atoms with E-state index in [-0.39, 0.29) is 6.10 Å². The Hall–Kier alpha value is -0.730. The van der Waals surface area contributed by atoms with Crippen molar-refractivity contribution in [2.24, 2.45) is 5.92 Å². The SMILES string of the molecule is CCC1CCC(NC)C(Oc2cc(Cl)ccc2C)C1. The molecule has 106 valence electrons. The summed E-state index contributed by atoms with van der Waals surface area (Å²) >= 11 is 6.07. The van der Waals surface area contributed by atoms with Crippen molar-refractivity contribution < 1.29 is 4.74 Å². The van der Waals surface area contributed by atoms with Gasteiger partial charge in [0.25, 0.3) is 0 Å². The molecule has 3 unspecified atom stereocenters. The first-order chi connectivity index (χ1) is 9.13. The van der Waals surface area contributed by atoms with Crippen LogP contribution in [0.5, 0.6) is 5.75 Å². The summed E-state index contributed by atoms with van der Waals surface area (Å²) in [4.78, 5) is 0. The smallest absolute Gasteiger partial charge is 0.124 e. The Bertz CT molecular complexity index is 421. The monoisotopic (exact) mass is 281 g/mol. The summed E-state index contributed by atoms with van der Waals surface area (Å²) in [6.07, 6.45) is 5.12. The molecule has 0 heterocycles. The maximum absolute atomic E-state index is 6.26. The van der Waals surface area contributed by atoms with Crippen LogP contribution in [0.25, 0.3) is 0 Å². The number of hydrogen-bond donors (Lipinski definition) is 1. The van der Waals surface area contributed by atoms with E-state index in [9.17, 15) is 0 Å². The van der Waals surface area contributed by atoms with E-state index in [0.717, 1.165) is 28.7 Å². The van der Waals surface area contributed by atoms with Crippen LogP contribution in [0.3, 0.4) is 0 Å². The van der Waals surface area contributed by atoms with Crippen molar-refractivity contribution in [1.82, 2.24) is 5.32 Å². The van der Waals surface area contributed by atoms with Gasteiger partial charge in [-0.25, -0.2) is 0 Å². The zero-order chi connectivity index (χ0) is 13.8. The number of hydrogen-bond acceptors (Lipinski definition) is 2. The predicted octanol–water partition coefficient (Wildman–Crippen LogP) is 4.19. The van der Waals surface area contributed by atoms with Crippen LogP contribution in [0.15, 0.2) is 18.2 Å². The topological polar surface area (TPSA) is 21.3 Å². The van der Waals surface area contributed by atoms with E-state index in [4.69, 9.17) is 16.3 Å². The Morgan fingerprint density at radius 3 is 2.84 bits per heavy atom. The van der Waals surface area contributed by atoms with Gasteiger partial charge in [0, 0.05) is 11.1 Å². The molecule has 0 bridgehead atoms. The van der Waals surface area contributed by atoms with Crippen LogP contribution in [0, 0.1) is 12.8 Å². The van der Waals surface area contributed by atoms with Crippen LogP contribution < -0.4 is 10.1 Å². The molecule has 2 rings (SSSR count). The summed E-state index contributed by atoms with van der Waals surface area (Å²) < 4.78 is 6.26. The molecule has 2 nitrogen and oxygen atoms in total. The number of benzene rings is 1. The molecule has 0 spiro atoms. The third kappa shape index (κ3) is 3.64. The van der Waals surface area contributed by atoms with Crippen molar-refractivity contribution >= 4 is 11.6 Å². The van der Waals surface area contributed by atoms with E-state index in [1.54, 1.807) is 0 Å². The van der Waals surface area contributed by atoms with E-state index in [2.05, 4.69) is 19.2 Å². The second-order valence-corrected chi connectivity index (χ2v) is 5.99. The Morgan fingerprint density at radius 1 is 1.37 bits per heavy atom. The summed E-state index contributed by atoms with van der Waals surface area (Å²) in [7, 11) is 2.03. The third-order valence-electron chi connectivity index (χ3n) is 4.28. The van der Waals surface area contributed by atoms with Gasteiger partial charge in [0.1, 0.15) is 11.9 Å². The Balaban J connectivity index is 2.11. The standard InChI is InChI=1S/C16H24ClNO/c1-4-12-6-8-14(18-3)16(9-12)19-15-10-13(17)7-5-11(15)2/h5,7,10,12,14,16,18H,4,6,8-9H2,1-3H3. The number of likely N-dealkylation sites (N-methyl/N-ethyl adjacent to an activating group) is 1.